The fraction of sp³-hybridized carbons (Fsp3) is 0. The van der Waals surface area contributed by atoms with Gasteiger partial charge in [-0.2, -0.15) is 0 Å². The molecule has 6 nitrogen and oxygen atoms in total. The van der Waals surface area contributed by atoms with Gasteiger partial charge in [-0.1, -0.05) is 0 Å². The van der Waals surface area contributed by atoms with E-state index in [0.29, 0.717) is 25.9 Å². The standard InChI is InChI=1S/C13H9Br2N3O3/c14-9-3-1-7(5-11(9)16)13(19)17-12-4-2-8(18(20)21)6-10(12)15/h1-6H,16H2,(H,17,19). The first kappa shape index (κ1) is 15.5. The summed E-state index contributed by atoms with van der Waals surface area (Å²) < 4.78 is 1.13. The second kappa shape index (κ2) is 6.23. The van der Waals surface area contributed by atoms with E-state index in [1.807, 2.05) is 0 Å². The molecule has 8 heteroatoms. The predicted octanol–water partition coefficient (Wildman–Crippen LogP) is 3.95. The van der Waals surface area contributed by atoms with Crippen LogP contribution in [0.2, 0.25) is 0 Å². The van der Waals surface area contributed by atoms with Crippen molar-refractivity contribution in [1.29, 1.82) is 0 Å². The summed E-state index contributed by atoms with van der Waals surface area (Å²) in [6.45, 7) is 0. The predicted molar refractivity (Wildman–Crippen MR) is 87.3 cm³/mol. The Morgan fingerprint density at radius 1 is 1.14 bits per heavy atom. The molecular weight excluding hydrogens is 406 g/mol. The number of nitrogens with zero attached hydrogens (tertiary/aromatic N) is 1. The number of amides is 1. The van der Waals surface area contributed by atoms with Gasteiger partial charge in [-0.25, -0.2) is 0 Å². The number of carbonyl (C=O) groups is 1. The second-order valence-electron chi connectivity index (χ2n) is 4.11. The third-order valence-electron chi connectivity index (χ3n) is 2.67. The van der Waals surface area contributed by atoms with E-state index >= 15 is 0 Å². The lowest BCUT2D eigenvalue weighted by molar-refractivity contribution is -0.384. The Labute approximate surface area is 136 Å². The van der Waals surface area contributed by atoms with Gasteiger partial charge >= 0.3 is 0 Å². The van der Waals surface area contributed by atoms with Gasteiger partial charge < -0.3 is 11.1 Å². The molecule has 0 aliphatic carbocycles. The van der Waals surface area contributed by atoms with Crippen LogP contribution in [0.4, 0.5) is 17.1 Å². The number of nitro benzene ring substituents is 1. The Morgan fingerprint density at radius 3 is 2.43 bits per heavy atom. The molecule has 3 N–H and O–H groups in total. The van der Waals surface area contributed by atoms with E-state index in [1.54, 1.807) is 18.2 Å². The largest absolute Gasteiger partial charge is 0.398 e. The molecule has 0 saturated carbocycles. The first-order chi connectivity index (χ1) is 9.88. The lowest BCUT2D eigenvalue weighted by Crippen LogP contribution is -2.12. The summed E-state index contributed by atoms with van der Waals surface area (Å²) >= 11 is 6.44. The summed E-state index contributed by atoms with van der Waals surface area (Å²) in [7, 11) is 0. The van der Waals surface area contributed by atoms with Gasteiger partial charge in [-0.05, 0) is 56.1 Å². The van der Waals surface area contributed by atoms with Crippen LogP contribution < -0.4 is 11.1 Å². The van der Waals surface area contributed by atoms with E-state index in [0.717, 1.165) is 0 Å². The Morgan fingerprint density at radius 2 is 1.86 bits per heavy atom. The van der Waals surface area contributed by atoms with Gasteiger partial charge in [0, 0.05) is 32.3 Å². The number of nitrogens with two attached hydrogens (primary N) is 1. The van der Waals surface area contributed by atoms with Gasteiger partial charge in [0.25, 0.3) is 11.6 Å². The molecule has 0 aliphatic rings. The summed E-state index contributed by atoms with van der Waals surface area (Å²) in [5.74, 6) is -0.358. The highest BCUT2D eigenvalue weighted by atomic mass is 79.9. The van der Waals surface area contributed by atoms with Crippen molar-refractivity contribution in [2.75, 3.05) is 11.1 Å². The molecule has 0 aromatic heterocycles. The van der Waals surface area contributed by atoms with Gasteiger partial charge in [0.2, 0.25) is 0 Å². The van der Waals surface area contributed by atoms with Crippen molar-refractivity contribution in [2.45, 2.75) is 0 Å². The van der Waals surface area contributed by atoms with Crippen LogP contribution in [0.3, 0.4) is 0 Å². The lowest BCUT2D eigenvalue weighted by Gasteiger charge is -2.08. The number of benzene rings is 2. The van der Waals surface area contributed by atoms with Gasteiger partial charge in [-0.3, -0.25) is 14.9 Å². The summed E-state index contributed by atoms with van der Waals surface area (Å²) in [5.41, 5.74) is 6.94. The Bertz CT molecular complexity index is 735. The van der Waals surface area contributed by atoms with Gasteiger partial charge in [0.05, 0.1) is 10.6 Å². The molecule has 0 saturated heterocycles. The van der Waals surface area contributed by atoms with Crippen molar-refractivity contribution in [3.05, 3.63) is 61.0 Å². The summed E-state index contributed by atoms with van der Waals surface area (Å²) in [6, 6.07) is 8.94. The topological polar surface area (TPSA) is 98.3 Å². The zero-order valence-corrected chi connectivity index (χ0v) is 13.6. The van der Waals surface area contributed by atoms with Crippen molar-refractivity contribution in [3.63, 3.8) is 0 Å². The van der Waals surface area contributed by atoms with E-state index in [2.05, 4.69) is 37.2 Å². The number of non-ortho nitro benzene ring substituents is 1. The molecule has 0 unspecified atom stereocenters. The van der Waals surface area contributed by atoms with Crippen molar-refractivity contribution in [1.82, 2.24) is 0 Å². The van der Waals surface area contributed by atoms with Crippen molar-refractivity contribution in [3.8, 4) is 0 Å². The molecule has 0 bridgehead atoms. The minimum absolute atomic E-state index is 0.0623. The van der Waals surface area contributed by atoms with E-state index in [-0.39, 0.29) is 11.6 Å². The van der Waals surface area contributed by atoms with Gasteiger partial charge in [0.1, 0.15) is 0 Å². The number of hydrogen-bond acceptors (Lipinski definition) is 4. The summed E-state index contributed by atoms with van der Waals surface area (Å²) in [6.07, 6.45) is 0. The molecule has 108 valence electrons. The third kappa shape index (κ3) is 3.59. The molecular formula is C13H9Br2N3O3. The maximum Gasteiger partial charge on any atom is 0.270 e. The molecule has 21 heavy (non-hydrogen) atoms. The number of nitrogens with one attached hydrogen (secondary N) is 1. The molecule has 0 radical (unpaired) electrons. The first-order valence-electron chi connectivity index (χ1n) is 5.69. The number of rotatable bonds is 3. The van der Waals surface area contributed by atoms with E-state index < -0.39 is 4.92 Å². The van der Waals surface area contributed by atoms with Crippen LogP contribution in [0.15, 0.2) is 45.3 Å². The molecule has 2 aromatic carbocycles. The molecule has 0 atom stereocenters. The Hall–Kier alpha value is -1.93. The first-order valence-corrected chi connectivity index (χ1v) is 7.27. The van der Waals surface area contributed by atoms with Crippen molar-refractivity contribution < 1.29 is 9.72 Å². The van der Waals surface area contributed by atoms with Gasteiger partial charge in [-0.15, -0.1) is 0 Å². The molecule has 1 amide bonds. The van der Waals surface area contributed by atoms with Crippen molar-refractivity contribution in [2.24, 2.45) is 0 Å². The number of halogens is 2. The Kier molecular flexibility index (Phi) is 4.59. The van der Waals surface area contributed by atoms with Crippen LogP contribution in [0.5, 0.6) is 0 Å². The molecule has 2 rings (SSSR count). The minimum atomic E-state index is -0.508. The highest BCUT2D eigenvalue weighted by Gasteiger charge is 2.13. The van der Waals surface area contributed by atoms with E-state index in [9.17, 15) is 14.9 Å². The zero-order chi connectivity index (χ0) is 15.6. The second-order valence-corrected chi connectivity index (χ2v) is 5.82. The maximum absolute atomic E-state index is 12.1. The molecule has 0 spiro atoms. The lowest BCUT2D eigenvalue weighted by atomic mass is 10.2. The maximum atomic E-state index is 12.1. The smallest absolute Gasteiger partial charge is 0.270 e. The molecule has 0 heterocycles. The average molecular weight is 415 g/mol. The number of carbonyl (C=O) groups excluding carboxylic acids is 1. The van der Waals surface area contributed by atoms with Crippen LogP contribution in [0, 0.1) is 10.1 Å². The van der Waals surface area contributed by atoms with E-state index in [4.69, 9.17) is 5.73 Å². The minimum Gasteiger partial charge on any atom is -0.398 e. The molecule has 2 aromatic rings. The monoisotopic (exact) mass is 413 g/mol. The fourth-order valence-electron chi connectivity index (χ4n) is 1.60. The normalized spacial score (nSPS) is 10.2. The van der Waals surface area contributed by atoms with Crippen LogP contribution in [0.1, 0.15) is 10.4 Å². The molecule has 0 aliphatic heterocycles. The quantitative estimate of drug-likeness (QED) is 0.451. The zero-order valence-electron chi connectivity index (χ0n) is 10.5. The Balaban J connectivity index is 2.23. The molecule has 0 fully saturated rings. The number of nitro groups is 1. The number of nitrogen functional groups attached to an aromatic ring is 1. The number of hydrogen-bond donors (Lipinski definition) is 2. The van der Waals surface area contributed by atoms with Crippen LogP contribution in [-0.4, -0.2) is 10.8 Å². The van der Waals surface area contributed by atoms with Crippen LogP contribution in [-0.2, 0) is 0 Å². The SMILES string of the molecule is Nc1cc(C(=O)Nc2ccc([N+](=O)[O-])cc2Br)ccc1Br. The van der Waals surface area contributed by atoms with Gasteiger partial charge in [0.15, 0.2) is 0 Å². The van der Waals surface area contributed by atoms with E-state index in [1.165, 1.54) is 18.2 Å². The summed E-state index contributed by atoms with van der Waals surface area (Å²) in [5, 5.41) is 13.3. The third-order valence-corrected chi connectivity index (χ3v) is 4.05. The van der Waals surface area contributed by atoms with Crippen LogP contribution in [0.25, 0.3) is 0 Å². The number of anilines is 2. The van der Waals surface area contributed by atoms with Crippen molar-refractivity contribution >= 4 is 54.8 Å². The fourth-order valence-corrected chi connectivity index (χ4v) is 2.31. The average Bonchev–Trinajstić information content (AvgIpc) is 2.43. The summed E-state index contributed by atoms with van der Waals surface area (Å²) in [4.78, 5) is 22.3. The highest BCUT2D eigenvalue weighted by molar-refractivity contribution is 9.11. The van der Waals surface area contributed by atoms with Crippen LogP contribution >= 0.6 is 31.9 Å². The highest BCUT2D eigenvalue weighted by Crippen LogP contribution is 2.28.